The first-order chi connectivity index (χ1) is 12.8. The standard InChI is InChI=1S/C19H18N6O/c20-13-15-17(16-7-4-12-26-16)22-19(21)23-18(15)25-10-8-24(9-11-25)14-5-2-1-3-6-14/h1-7,12H,8-11H2,(H2,21,22,23). The van der Waals surface area contributed by atoms with Crippen LogP contribution in [0.15, 0.2) is 53.1 Å². The minimum atomic E-state index is 0.135. The van der Waals surface area contributed by atoms with E-state index in [0.717, 1.165) is 26.2 Å². The van der Waals surface area contributed by atoms with E-state index < -0.39 is 0 Å². The van der Waals surface area contributed by atoms with Crippen molar-refractivity contribution in [2.24, 2.45) is 0 Å². The summed E-state index contributed by atoms with van der Waals surface area (Å²) in [5.74, 6) is 1.22. The third-order valence-corrected chi connectivity index (χ3v) is 4.47. The zero-order chi connectivity index (χ0) is 17.9. The monoisotopic (exact) mass is 346 g/mol. The maximum Gasteiger partial charge on any atom is 0.222 e. The number of hydrogen-bond donors (Lipinski definition) is 1. The van der Waals surface area contributed by atoms with Crippen molar-refractivity contribution >= 4 is 17.5 Å². The van der Waals surface area contributed by atoms with E-state index in [1.165, 1.54) is 5.69 Å². The zero-order valence-electron chi connectivity index (χ0n) is 14.2. The number of rotatable bonds is 3. The Bertz CT molecular complexity index is 925. The van der Waals surface area contributed by atoms with Crippen LogP contribution < -0.4 is 15.5 Å². The molecule has 3 heterocycles. The van der Waals surface area contributed by atoms with E-state index in [1.807, 2.05) is 18.2 Å². The largest absolute Gasteiger partial charge is 0.463 e. The molecule has 0 saturated carbocycles. The average Bonchev–Trinajstić information content (AvgIpc) is 3.23. The van der Waals surface area contributed by atoms with Crippen LogP contribution in [-0.2, 0) is 0 Å². The van der Waals surface area contributed by atoms with Crippen LogP contribution in [-0.4, -0.2) is 36.1 Å². The number of benzene rings is 1. The summed E-state index contributed by atoms with van der Waals surface area (Å²) in [7, 11) is 0. The summed E-state index contributed by atoms with van der Waals surface area (Å²) >= 11 is 0. The summed E-state index contributed by atoms with van der Waals surface area (Å²) in [6.45, 7) is 3.18. The zero-order valence-corrected chi connectivity index (χ0v) is 14.2. The summed E-state index contributed by atoms with van der Waals surface area (Å²) < 4.78 is 5.41. The topological polar surface area (TPSA) is 95.2 Å². The van der Waals surface area contributed by atoms with Crippen molar-refractivity contribution in [3.63, 3.8) is 0 Å². The van der Waals surface area contributed by atoms with Gasteiger partial charge in [-0.1, -0.05) is 18.2 Å². The highest BCUT2D eigenvalue weighted by molar-refractivity contribution is 5.72. The van der Waals surface area contributed by atoms with Gasteiger partial charge in [0.05, 0.1) is 6.26 Å². The van der Waals surface area contributed by atoms with Crippen molar-refractivity contribution in [3.8, 4) is 17.5 Å². The molecule has 1 aromatic carbocycles. The maximum atomic E-state index is 9.70. The number of nitrogens with zero attached hydrogens (tertiary/aromatic N) is 5. The Morgan fingerprint density at radius 3 is 2.35 bits per heavy atom. The van der Waals surface area contributed by atoms with Crippen LogP contribution in [0.1, 0.15) is 5.56 Å². The summed E-state index contributed by atoms with van der Waals surface area (Å²) in [5.41, 5.74) is 7.93. The fraction of sp³-hybridized carbons (Fsp3) is 0.211. The van der Waals surface area contributed by atoms with Crippen LogP contribution in [0.3, 0.4) is 0 Å². The molecule has 0 bridgehead atoms. The highest BCUT2D eigenvalue weighted by Gasteiger charge is 2.24. The third kappa shape index (κ3) is 2.93. The van der Waals surface area contributed by atoms with Crippen LogP contribution in [0.25, 0.3) is 11.5 Å². The van der Waals surface area contributed by atoms with Gasteiger partial charge >= 0.3 is 0 Å². The van der Waals surface area contributed by atoms with Gasteiger partial charge in [0, 0.05) is 31.9 Å². The van der Waals surface area contributed by atoms with Gasteiger partial charge < -0.3 is 20.0 Å². The lowest BCUT2D eigenvalue weighted by Gasteiger charge is -2.37. The molecule has 0 amide bonds. The van der Waals surface area contributed by atoms with Gasteiger partial charge in [0.15, 0.2) is 11.6 Å². The number of piperazine rings is 1. The normalized spacial score (nSPS) is 14.3. The maximum absolute atomic E-state index is 9.70. The summed E-state index contributed by atoms with van der Waals surface area (Å²) in [6, 6.07) is 16.0. The molecule has 3 aromatic rings. The van der Waals surface area contributed by atoms with Crippen LogP contribution in [0.4, 0.5) is 17.5 Å². The average molecular weight is 346 g/mol. The van der Waals surface area contributed by atoms with E-state index in [1.54, 1.807) is 18.4 Å². The number of nitrogens with two attached hydrogens (primary N) is 1. The predicted octanol–water partition coefficient (Wildman–Crippen LogP) is 2.52. The molecule has 0 spiro atoms. The predicted molar refractivity (Wildman–Crippen MR) is 99.7 cm³/mol. The minimum Gasteiger partial charge on any atom is -0.463 e. The molecule has 7 nitrogen and oxygen atoms in total. The first-order valence-electron chi connectivity index (χ1n) is 8.42. The number of furan rings is 1. The van der Waals surface area contributed by atoms with Gasteiger partial charge in [-0.15, -0.1) is 0 Å². The highest BCUT2D eigenvalue weighted by Crippen LogP contribution is 2.30. The lowest BCUT2D eigenvalue weighted by Crippen LogP contribution is -2.47. The summed E-state index contributed by atoms with van der Waals surface area (Å²) in [5, 5.41) is 9.70. The highest BCUT2D eigenvalue weighted by atomic mass is 16.3. The molecule has 130 valence electrons. The van der Waals surface area contributed by atoms with Crippen molar-refractivity contribution in [3.05, 3.63) is 54.3 Å². The van der Waals surface area contributed by atoms with Gasteiger partial charge in [0.2, 0.25) is 5.95 Å². The van der Waals surface area contributed by atoms with Crippen molar-refractivity contribution < 1.29 is 4.42 Å². The molecule has 1 saturated heterocycles. The molecule has 7 heteroatoms. The van der Waals surface area contributed by atoms with Crippen molar-refractivity contribution in [1.29, 1.82) is 5.26 Å². The second-order valence-corrected chi connectivity index (χ2v) is 6.03. The molecule has 1 fully saturated rings. The van der Waals surface area contributed by atoms with Crippen molar-refractivity contribution in [2.45, 2.75) is 0 Å². The fourth-order valence-corrected chi connectivity index (χ4v) is 3.20. The Hall–Kier alpha value is -3.53. The Labute approximate surface area is 151 Å². The summed E-state index contributed by atoms with van der Waals surface area (Å²) in [6.07, 6.45) is 1.55. The number of aromatic nitrogens is 2. The molecule has 2 aromatic heterocycles. The second-order valence-electron chi connectivity index (χ2n) is 6.03. The van der Waals surface area contributed by atoms with E-state index in [9.17, 15) is 5.26 Å². The quantitative estimate of drug-likeness (QED) is 0.778. The molecule has 1 aliphatic heterocycles. The van der Waals surface area contributed by atoms with E-state index in [0.29, 0.717) is 22.8 Å². The van der Waals surface area contributed by atoms with Gasteiger partial charge in [-0.05, 0) is 24.3 Å². The first-order valence-corrected chi connectivity index (χ1v) is 8.42. The first kappa shape index (κ1) is 16.0. The molecule has 0 atom stereocenters. The molecular weight excluding hydrogens is 328 g/mol. The van der Waals surface area contributed by atoms with Crippen molar-refractivity contribution in [2.75, 3.05) is 41.7 Å². The number of hydrogen-bond acceptors (Lipinski definition) is 7. The van der Waals surface area contributed by atoms with Crippen molar-refractivity contribution in [1.82, 2.24) is 9.97 Å². The fourth-order valence-electron chi connectivity index (χ4n) is 3.20. The van der Waals surface area contributed by atoms with Crippen LogP contribution in [0, 0.1) is 11.3 Å². The van der Waals surface area contributed by atoms with Gasteiger partial charge in [-0.2, -0.15) is 10.2 Å². The molecule has 0 unspecified atom stereocenters. The Morgan fingerprint density at radius 1 is 0.962 bits per heavy atom. The molecule has 0 aliphatic carbocycles. The molecule has 2 N–H and O–H groups in total. The molecule has 0 radical (unpaired) electrons. The number of para-hydroxylation sites is 1. The Morgan fingerprint density at radius 2 is 1.69 bits per heavy atom. The molecule has 4 rings (SSSR count). The molecule has 1 aliphatic rings. The van der Waals surface area contributed by atoms with Crippen LogP contribution >= 0.6 is 0 Å². The van der Waals surface area contributed by atoms with Gasteiger partial charge in [0.1, 0.15) is 17.3 Å². The third-order valence-electron chi connectivity index (χ3n) is 4.47. The van der Waals surface area contributed by atoms with E-state index in [2.05, 4.69) is 38.0 Å². The Kier molecular flexibility index (Phi) is 4.15. The Balaban J connectivity index is 1.62. The van der Waals surface area contributed by atoms with E-state index in [4.69, 9.17) is 10.2 Å². The summed E-state index contributed by atoms with van der Waals surface area (Å²) in [4.78, 5) is 13.0. The molecule has 26 heavy (non-hydrogen) atoms. The number of anilines is 3. The number of nitrogen functional groups attached to an aromatic ring is 1. The lowest BCUT2D eigenvalue weighted by molar-refractivity contribution is 0.579. The van der Waals surface area contributed by atoms with Gasteiger partial charge in [-0.25, -0.2) is 4.98 Å². The SMILES string of the molecule is N#Cc1c(-c2ccco2)nc(N)nc1N1CCN(c2ccccc2)CC1. The smallest absolute Gasteiger partial charge is 0.222 e. The number of nitriles is 1. The lowest BCUT2D eigenvalue weighted by atomic mass is 10.1. The minimum absolute atomic E-state index is 0.135. The van der Waals surface area contributed by atoms with Crippen LogP contribution in [0.5, 0.6) is 0 Å². The van der Waals surface area contributed by atoms with Crippen LogP contribution in [0.2, 0.25) is 0 Å². The van der Waals surface area contributed by atoms with E-state index >= 15 is 0 Å². The van der Waals surface area contributed by atoms with E-state index in [-0.39, 0.29) is 5.95 Å². The van der Waals surface area contributed by atoms with Gasteiger partial charge in [0.25, 0.3) is 0 Å². The van der Waals surface area contributed by atoms with Gasteiger partial charge in [-0.3, -0.25) is 0 Å². The molecular formula is C19H18N6O. The second kappa shape index (κ2) is 6.76.